The molecule has 1 saturated carbocycles. The van der Waals surface area contributed by atoms with Crippen LogP contribution in [0, 0.1) is 10.1 Å². The number of anilines is 1. The average Bonchev–Trinajstić information content (AvgIpc) is 2.33. The van der Waals surface area contributed by atoms with E-state index >= 15 is 0 Å². The zero-order valence-corrected chi connectivity index (χ0v) is 9.92. The molecule has 1 aromatic rings. The molecule has 2 N–H and O–H groups in total. The molecule has 1 heterocycles. The van der Waals surface area contributed by atoms with Gasteiger partial charge in [0.1, 0.15) is 6.33 Å². The Hall–Kier alpha value is -1.96. The van der Waals surface area contributed by atoms with E-state index in [4.69, 9.17) is 4.74 Å². The van der Waals surface area contributed by atoms with Gasteiger partial charge in [-0.1, -0.05) is 0 Å². The minimum Gasteiger partial charge on any atom is -0.476 e. The van der Waals surface area contributed by atoms with Crippen LogP contribution in [0.4, 0.5) is 11.5 Å². The summed E-state index contributed by atoms with van der Waals surface area (Å²) in [5, 5.41) is 23.3. The van der Waals surface area contributed by atoms with Crippen LogP contribution >= 0.6 is 0 Å². The average molecular weight is 254 g/mol. The van der Waals surface area contributed by atoms with Crippen molar-refractivity contribution in [1.29, 1.82) is 0 Å². The first kappa shape index (κ1) is 12.5. The third-order valence-corrected chi connectivity index (χ3v) is 3.16. The highest BCUT2D eigenvalue weighted by molar-refractivity contribution is 5.62. The quantitative estimate of drug-likeness (QED) is 0.588. The van der Waals surface area contributed by atoms with E-state index < -0.39 is 10.5 Å². The number of hydrogen-bond donors (Lipinski definition) is 2. The van der Waals surface area contributed by atoms with Crippen molar-refractivity contribution in [3.05, 3.63) is 16.4 Å². The van der Waals surface area contributed by atoms with Gasteiger partial charge in [0.15, 0.2) is 0 Å². The maximum absolute atomic E-state index is 11.0. The Kier molecular flexibility index (Phi) is 3.28. The summed E-state index contributed by atoms with van der Waals surface area (Å²) in [4.78, 5) is 18.0. The van der Waals surface area contributed by atoms with Crippen LogP contribution in [0.2, 0.25) is 0 Å². The van der Waals surface area contributed by atoms with Crippen molar-refractivity contribution in [3.63, 3.8) is 0 Å². The van der Waals surface area contributed by atoms with Crippen LogP contribution in [0.3, 0.4) is 0 Å². The van der Waals surface area contributed by atoms with Gasteiger partial charge in [-0.25, -0.2) is 4.98 Å². The molecule has 2 rings (SSSR count). The molecule has 1 aromatic heterocycles. The predicted molar refractivity (Wildman–Crippen MR) is 62.5 cm³/mol. The lowest BCUT2D eigenvalue weighted by Gasteiger charge is -2.41. The number of ether oxygens (including phenoxy) is 1. The van der Waals surface area contributed by atoms with Gasteiger partial charge in [-0.15, -0.1) is 0 Å². The Balaban J connectivity index is 2.35. The Morgan fingerprint density at radius 1 is 1.61 bits per heavy atom. The van der Waals surface area contributed by atoms with E-state index in [1.807, 2.05) is 0 Å². The minimum absolute atomic E-state index is 0.0839. The van der Waals surface area contributed by atoms with E-state index in [0.29, 0.717) is 0 Å². The van der Waals surface area contributed by atoms with Crippen LogP contribution in [0.1, 0.15) is 19.3 Å². The lowest BCUT2D eigenvalue weighted by atomic mass is 9.77. The van der Waals surface area contributed by atoms with E-state index in [0.717, 1.165) is 19.3 Å². The van der Waals surface area contributed by atoms with Crippen molar-refractivity contribution in [2.75, 3.05) is 19.0 Å². The zero-order valence-electron chi connectivity index (χ0n) is 9.92. The lowest BCUT2D eigenvalue weighted by Crippen LogP contribution is -2.48. The normalized spacial score (nSPS) is 16.8. The first-order valence-corrected chi connectivity index (χ1v) is 5.54. The highest BCUT2D eigenvalue weighted by atomic mass is 16.6. The van der Waals surface area contributed by atoms with Crippen molar-refractivity contribution in [1.82, 2.24) is 9.97 Å². The Morgan fingerprint density at radius 2 is 2.33 bits per heavy atom. The fraction of sp³-hybridized carbons (Fsp3) is 0.600. The molecule has 8 heteroatoms. The number of methoxy groups -OCH3 is 1. The van der Waals surface area contributed by atoms with Gasteiger partial charge in [-0.2, -0.15) is 4.98 Å². The molecule has 0 unspecified atom stereocenters. The first-order valence-electron chi connectivity index (χ1n) is 5.54. The monoisotopic (exact) mass is 254 g/mol. The van der Waals surface area contributed by atoms with Gasteiger partial charge >= 0.3 is 5.69 Å². The summed E-state index contributed by atoms with van der Waals surface area (Å²) >= 11 is 0. The smallest absolute Gasteiger partial charge is 0.372 e. The lowest BCUT2D eigenvalue weighted by molar-refractivity contribution is -0.385. The summed E-state index contributed by atoms with van der Waals surface area (Å²) in [5.41, 5.74) is -0.816. The summed E-state index contributed by atoms with van der Waals surface area (Å²) in [6.45, 7) is -0.0868. The van der Waals surface area contributed by atoms with Crippen LogP contribution in [0.25, 0.3) is 0 Å². The van der Waals surface area contributed by atoms with Crippen LogP contribution < -0.4 is 10.1 Å². The largest absolute Gasteiger partial charge is 0.476 e. The number of aromatic nitrogens is 2. The Bertz CT molecular complexity index is 456. The molecule has 98 valence electrons. The van der Waals surface area contributed by atoms with Gasteiger partial charge in [-0.05, 0) is 19.3 Å². The zero-order chi connectivity index (χ0) is 13.2. The summed E-state index contributed by atoms with van der Waals surface area (Å²) in [5.74, 6) is -0.00878. The second-order valence-corrected chi connectivity index (χ2v) is 4.25. The van der Waals surface area contributed by atoms with Gasteiger partial charge in [0.25, 0.3) is 5.88 Å². The summed E-state index contributed by atoms with van der Waals surface area (Å²) < 4.78 is 4.85. The summed E-state index contributed by atoms with van der Waals surface area (Å²) in [7, 11) is 1.31. The van der Waals surface area contributed by atoms with Gasteiger partial charge in [-0.3, -0.25) is 10.1 Å². The number of nitrogens with one attached hydrogen (secondary N) is 1. The minimum atomic E-state index is -0.592. The summed E-state index contributed by atoms with van der Waals surface area (Å²) in [6.07, 6.45) is 3.68. The Labute approximate surface area is 103 Å². The second-order valence-electron chi connectivity index (χ2n) is 4.25. The highest BCUT2D eigenvalue weighted by Gasteiger charge is 2.39. The van der Waals surface area contributed by atoms with E-state index in [1.54, 1.807) is 0 Å². The molecule has 0 aliphatic heterocycles. The molecule has 0 spiro atoms. The predicted octanol–water partition coefficient (Wildman–Crippen LogP) is 0.720. The molecule has 1 aliphatic carbocycles. The van der Waals surface area contributed by atoms with Crippen molar-refractivity contribution < 1.29 is 14.8 Å². The fourth-order valence-corrected chi connectivity index (χ4v) is 1.95. The van der Waals surface area contributed by atoms with Gasteiger partial charge < -0.3 is 15.2 Å². The van der Waals surface area contributed by atoms with Gasteiger partial charge in [0.2, 0.25) is 5.82 Å². The molecular weight excluding hydrogens is 240 g/mol. The molecule has 0 amide bonds. The van der Waals surface area contributed by atoms with E-state index in [9.17, 15) is 15.2 Å². The number of hydrogen-bond acceptors (Lipinski definition) is 7. The number of rotatable bonds is 5. The van der Waals surface area contributed by atoms with Crippen LogP contribution in [0.15, 0.2) is 6.33 Å². The molecule has 0 radical (unpaired) electrons. The molecule has 1 fully saturated rings. The molecule has 0 aromatic carbocycles. The highest BCUT2D eigenvalue weighted by Crippen LogP contribution is 2.38. The Morgan fingerprint density at radius 3 is 2.78 bits per heavy atom. The standard InChI is InChI=1S/C10H14N4O4/c1-18-9-7(14(16)17)8(11-6-12-9)13-10(5-15)3-2-4-10/h6,15H,2-5H2,1H3,(H,11,12,13). The third-order valence-electron chi connectivity index (χ3n) is 3.16. The van der Waals surface area contributed by atoms with Crippen LogP contribution in [-0.2, 0) is 0 Å². The number of aliphatic hydroxyl groups excluding tert-OH is 1. The van der Waals surface area contributed by atoms with E-state index in [1.165, 1.54) is 13.4 Å². The van der Waals surface area contributed by atoms with Crippen molar-refractivity contribution in [3.8, 4) is 5.88 Å². The van der Waals surface area contributed by atoms with Crippen LogP contribution in [-0.4, -0.2) is 39.3 Å². The molecule has 18 heavy (non-hydrogen) atoms. The molecule has 0 bridgehead atoms. The van der Waals surface area contributed by atoms with Crippen molar-refractivity contribution >= 4 is 11.5 Å². The second kappa shape index (κ2) is 4.73. The maximum Gasteiger partial charge on any atom is 0.372 e. The summed E-state index contributed by atoms with van der Waals surface area (Å²) in [6, 6.07) is 0. The molecule has 1 aliphatic rings. The van der Waals surface area contributed by atoms with Crippen LogP contribution in [0.5, 0.6) is 5.88 Å². The maximum atomic E-state index is 11.0. The molecule has 0 saturated heterocycles. The topological polar surface area (TPSA) is 110 Å². The number of nitrogens with zero attached hydrogens (tertiary/aromatic N) is 3. The first-order chi connectivity index (χ1) is 8.62. The molecule has 8 nitrogen and oxygen atoms in total. The van der Waals surface area contributed by atoms with E-state index in [-0.39, 0.29) is 24.0 Å². The molecule has 0 atom stereocenters. The third kappa shape index (κ3) is 2.06. The SMILES string of the molecule is COc1ncnc(NC2(CO)CCC2)c1[N+](=O)[O-]. The van der Waals surface area contributed by atoms with Gasteiger partial charge in [0.05, 0.1) is 24.2 Å². The molecular formula is C10H14N4O4. The van der Waals surface area contributed by atoms with Crippen molar-refractivity contribution in [2.45, 2.75) is 24.8 Å². The van der Waals surface area contributed by atoms with Gasteiger partial charge in [0, 0.05) is 0 Å². The van der Waals surface area contributed by atoms with Crippen molar-refractivity contribution in [2.24, 2.45) is 0 Å². The number of nitro groups is 1. The van der Waals surface area contributed by atoms with E-state index in [2.05, 4.69) is 15.3 Å². The fourth-order valence-electron chi connectivity index (χ4n) is 1.95. The number of aliphatic hydroxyl groups is 1.